The summed E-state index contributed by atoms with van der Waals surface area (Å²) < 4.78 is 5.74. The van der Waals surface area contributed by atoms with Crippen LogP contribution in [-0.2, 0) is 11.3 Å². The van der Waals surface area contributed by atoms with Crippen molar-refractivity contribution >= 4 is 25.7 Å². The van der Waals surface area contributed by atoms with Gasteiger partial charge in [0, 0.05) is 19.9 Å². The van der Waals surface area contributed by atoms with Gasteiger partial charge in [0.15, 0.2) is 0 Å². The van der Waals surface area contributed by atoms with Gasteiger partial charge in [-0.3, -0.25) is 5.21 Å². The first-order chi connectivity index (χ1) is 9.22. The van der Waals surface area contributed by atoms with Crippen molar-refractivity contribution in [1.29, 1.82) is 0 Å². The summed E-state index contributed by atoms with van der Waals surface area (Å²) in [6.07, 6.45) is 0.740. The summed E-state index contributed by atoms with van der Waals surface area (Å²) in [4.78, 5) is 5.01. The quantitative estimate of drug-likeness (QED) is 0.860. The van der Waals surface area contributed by atoms with Crippen LogP contribution < -0.4 is 9.96 Å². The van der Waals surface area contributed by atoms with Gasteiger partial charge in [0.25, 0.3) is 0 Å². The Balaban J connectivity index is 0.00000147. The van der Waals surface area contributed by atoms with E-state index in [1.165, 1.54) is 0 Å². The summed E-state index contributed by atoms with van der Waals surface area (Å²) in [6.45, 7) is 0.452. The fourth-order valence-corrected chi connectivity index (χ4v) is 2.09. The Morgan fingerprint density at radius 1 is 1.10 bits per heavy atom. The minimum Gasteiger partial charge on any atom is -0.457 e. The highest BCUT2D eigenvalue weighted by Crippen LogP contribution is 2.31. The van der Waals surface area contributed by atoms with Crippen LogP contribution in [0.1, 0.15) is 5.56 Å². The number of ether oxygens (including phenoxy) is 1. The molecule has 1 aliphatic rings. The van der Waals surface area contributed by atoms with Gasteiger partial charge in [-0.15, -0.1) is 5.23 Å². The second-order valence-electron chi connectivity index (χ2n) is 4.20. The Kier molecular flexibility index (Phi) is 4.55. The number of halogens is 1. The maximum Gasteiger partial charge on any atom is 0.127 e. The van der Waals surface area contributed by atoms with E-state index in [1.54, 1.807) is 24.3 Å². The minimum atomic E-state index is 0. The topological polar surface area (TPSA) is 41.9 Å². The molecule has 0 spiro atoms. The van der Waals surface area contributed by atoms with Gasteiger partial charge < -0.3 is 4.74 Å². The standard InChI is InChI=1S/C14H12ClNO3.B/c15-11-1-3-12(4-2-11)19-13-5-6-14-10(9-13)7-8-18-16(14)17;/h1-6,9,17H,7-8H2;. The number of hydrogen-bond acceptors (Lipinski definition) is 4. The lowest BCUT2D eigenvalue weighted by Gasteiger charge is -2.24. The Labute approximate surface area is 124 Å². The molecule has 2 aromatic carbocycles. The third-order valence-electron chi connectivity index (χ3n) is 2.89. The van der Waals surface area contributed by atoms with E-state index in [9.17, 15) is 5.21 Å². The van der Waals surface area contributed by atoms with Crippen molar-refractivity contribution in [1.82, 2.24) is 0 Å². The van der Waals surface area contributed by atoms with Crippen molar-refractivity contribution < 1.29 is 14.8 Å². The minimum absolute atomic E-state index is 0. The Morgan fingerprint density at radius 3 is 2.55 bits per heavy atom. The molecule has 1 heterocycles. The molecule has 101 valence electrons. The summed E-state index contributed by atoms with van der Waals surface area (Å²) in [5.74, 6) is 1.44. The largest absolute Gasteiger partial charge is 0.457 e. The molecule has 1 aliphatic heterocycles. The number of benzene rings is 2. The number of nitrogens with zero attached hydrogens (tertiary/aromatic N) is 1. The van der Waals surface area contributed by atoms with Crippen LogP contribution >= 0.6 is 11.6 Å². The molecule has 0 aromatic heterocycles. The molecule has 0 unspecified atom stereocenters. The molecule has 0 bridgehead atoms. The molecular weight excluding hydrogens is 276 g/mol. The zero-order valence-corrected chi connectivity index (χ0v) is 11.4. The molecule has 0 fully saturated rings. The van der Waals surface area contributed by atoms with Gasteiger partial charge in [0.05, 0.1) is 12.3 Å². The fraction of sp³-hybridized carbons (Fsp3) is 0.143. The van der Waals surface area contributed by atoms with Crippen LogP contribution in [0.3, 0.4) is 0 Å². The van der Waals surface area contributed by atoms with Gasteiger partial charge in [0.2, 0.25) is 0 Å². The summed E-state index contributed by atoms with van der Waals surface area (Å²) in [7, 11) is 0. The lowest BCUT2D eigenvalue weighted by molar-refractivity contribution is -0.0473. The summed E-state index contributed by atoms with van der Waals surface area (Å²) in [5, 5.41) is 11.0. The first kappa shape index (κ1) is 14.7. The smallest absolute Gasteiger partial charge is 0.127 e. The highest BCUT2D eigenvalue weighted by Gasteiger charge is 2.16. The van der Waals surface area contributed by atoms with Crippen molar-refractivity contribution in [2.24, 2.45) is 0 Å². The molecule has 0 aliphatic carbocycles. The normalized spacial score (nSPS) is 13.4. The van der Waals surface area contributed by atoms with Crippen LogP contribution in [0.2, 0.25) is 5.02 Å². The van der Waals surface area contributed by atoms with E-state index < -0.39 is 0 Å². The van der Waals surface area contributed by atoms with Gasteiger partial charge >= 0.3 is 0 Å². The number of anilines is 1. The molecule has 20 heavy (non-hydrogen) atoms. The summed E-state index contributed by atoms with van der Waals surface area (Å²) in [6, 6.07) is 12.6. The fourth-order valence-electron chi connectivity index (χ4n) is 1.96. The Morgan fingerprint density at radius 2 is 1.80 bits per heavy atom. The van der Waals surface area contributed by atoms with E-state index in [4.69, 9.17) is 21.2 Å². The molecule has 4 nitrogen and oxygen atoms in total. The van der Waals surface area contributed by atoms with Crippen LogP contribution in [0.25, 0.3) is 0 Å². The molecule has 0 amide bonds. The average Bonchev–Trinajstić information content (AvgIpc) is 2.42. The maximum absolute atomic E-state index is 9.53. The highest BCUT2D eigenvalue weighted by atomic mass is 35.5. The van der Waals surface area contributed by atoms with Crippen molar-refractivity contribution in [2.45, 2.75) is 6.42 Å². The molecule has 1 N–H and O–H groups in total. The van der Waals surface area contributed by atoms with Crippen molar-refractivity contribution in [2.75, 3.05) is 11.8 Å². The predicted octanol–water partition coefficient (Wildman–Crippen LogP) is 3.43. The Hall–Kier alpha value is -1.69. The van der Waals surface area contributed by atoms with E-state index >= 15 is 0 Å². The van der Waals surface area contributed by atoms with Crippen molar-refractivity contribution in [3.63, 3.8) is 0 Å². The highest BCUT2D eigenvalue weighted by molar-refractivity contribution is 6.30. The molecule has 3 rings (SSSR count). The van der Waals surface area contributed by atoms with E-state index in [1.807, 2.05) is 18.2 Å². The van der Waals surface area contributed by atoms with Crippen LogP contribution in [0.4, 0.5) is 5.69 Å². The number of hydrogen-bond donors (Lipinski definition) is 1. The first-order valence-corrected chi connectivity index (χ1v) is 6.28. The van der Waals surface area contributed by atoms with Gasteiger partial charge in [-0.2, -0.15) is 0 Å². The van der Waals surface area contributed by atoms with E-state index in [2.05, 4.69) is 0 Å². The van der Waals surface area contributed by atoms with E-state index in [0.29, 0.717) is 17.3 Å². The molecular formula is C14H12BClNO3. The predicted molar refractivity (Wildman–Crippen MR) is 77.6 cm³/mol. The molecule has 0 saturated heterocycles. The Bertz CT molecular complexity index is 591. The van der Waals surface area contributed by atoms with Crippen LogP contribution in [0.15, 0.2) is 42.5 Å². The van der Waals surface area contributed by atoms with Crippen LogP contribution in [0, 0.1) is 0 Å². The van der Waals surface area contributed by atoms with Gasteiger partial charge in [0.1, 0.15) is 11.5 Å². The number of fused-ring (bicyclic) bond motifs is 1. The first-order valence-electron chi connectivity index (χ1n) is 5.91. The monoisotopic (exact) mass is 288 g/mol. The van der Waals surface area contributed by atoms with Crippen molar-refractivity contribution in [3.8, 4) is 11.5 Å². The van der Waals surface area contributed by atoms with Gasteiger partial charge in [-0.25, -0.2) is 4.84 Å². The average molecular weight is 289 g/mol. The van der Waals surface area contributed by atoms with E-state index in [-0.39, 0.29) is 8.41 Å². The molecule has 0 atom stereocenters. The number of rotatable bonds is 2. The van der Waals surface area contributed by atoms with Gasteiger partial charge in [-0.05, 0) is 48.0 Å². The zero-order valence-electron chi connectivity index (χ0n) is 10.6. The maximum atomic E-state index is 9.53. The second kappa shape index (κ2) is 6.18. The summed E-state index contributed by atoms with van der Waals surface area (Å²) >= 11 is 5.82. The van der Waals surface area contributed by atoms with Crippen LogP contribution in [0.5, 0.6) is 11.5 Å². The molecule has 2 aromatic rings. The SMILES string of the molecule is ON1OCCc2cc(Oc3ccc(Cl)cc3)ccc21.[B]. The zero-order chi connectivity index (χ0) is 13.2. The summed E-state index contributed by atoms with van der Waals surface area (Å²) in [5.41, 5.74) is 1.63. The third-order valence-corrected chi connectivity index (χ3v) is 3.14. The lowest BCUT2D eigenvalue weighted by atomic mass is 10.1. The lowest BCUT2D eigenvalue weighted by Crippen LogP contribution is -2.26. The molecule has 3 radical (unpaired) electrons. The van der Waals surface area contributed by atoms with E-state index in [0.717, 1.165) is 28.7 Å². The van der Waals surface area contributed by atoms with Crippen molar-refractivity contribution in [3.05, 3.63) is 53.1 Å². The van der Waals surface area contributed by atoms with Crippen LogP contribution in [-0.4, -0.2) is 20.2 Å². The molecule has 0 saturated carbocycles. The second-order valence-corrected chi connectivity index (χ2v) is 4.64. The third kappa shape index (κ3) is 3.07. The van der Waals surface area contributed by atoms with Gasteiger partial charge in [-0.1, -0.05) is 11.6 Å². The molecule has 6 heteroatoms.